The molecule has 1 heterocycles. The molecule has 3 rings (SSSR count). The minimum atomic E-state index is -1.13. The molecule has 1 aromatic rings. The second-order valence-corrected chi connectivity index (χ2v) is 11.8. The number of urea groups is 1. The number of nitrogens with zero attached hydrogens (tertiary/aromatic N) is 1. The van der Waals surface area contributed by atoms with Crippen LogP contribution in [0.5, 0.6) is 0 Å². The number of carbonyl (C=O) groups is 1. The highest BCUT2D eigenvalue weighted by molar-refractivity contribution is 6.30. The normalized spacial score (nSPS) is 23.2. The molecule has 8 heteroatoms. The van der Waals surface area contributed by atoms with Crippen LogP contribution >= 0.6 is 11.6 Å². The Bertz CT molecular complexity index is 837. The minimum Gasteiger partial charge on any atom is -0.385 e. The number of hydrogen-bond acceptors (Lipinski definition) is 5. The molecule has 0 aromatic heterocycles. The molecule has 1 aliphatic carbocycles. The number of unbranched alkanes of at least 4 members (excludes halogenated alkanes) is 1. The highest BCUT2D eigenvalue weighted by Gasteiger charge is 2.49. The molecular formula is C30H50ClN3O4. The van der Waals surface area contributed by atoms with Gasteiger partial charge in [0.15, 0.2) is 0 Å². The number of nitrogens with two attached hydrogens (primary N) is 1. The lowest BCUT2D eigenvalue weighted by Crippen LogP contribution is -2.60. The van der Waals surface area contributed by atoms with E-state index in [0.717, 1.165) is 50.8 Å². The molecule has 2 fully saturated rings. The molecule has 2 unspecified atom stereocenters. The number of ether oxygens (including phenoxy) is 2. The van der Waals surface area contributed by atoms with E-state index in [1.165, 1.54) is 32.1 Å². The molecule has 2 amide bonds. The van der Waals surface area contributed by atoms with Gasteiger partial charge in [0.05, 0.1) is 12.2 Å². The number of nitrogens with one attached hydrogen (secondary N) is 1. The van der Waals surface area contributed by atoms with E-state index in [1.54, 1.807) is 14.2 Å². The van der Waals surface area contributed by atoms with E-state index >= 15 is 0 Å². The zero-order chi connectivity index (χ0) is 27.4. The third-order valence-electron chi connectivity index (χ3n) is 8.80. The van der Waals surface area contributed by atoms with E-state index in [-0.39, 0.29) is 17.9 Å². The Morgan fingerprint density at radius 1 is 1.16 bits per heavy atom. The molecule has 1 saturated carbocycles. The summed E-state index contributed by atoms with van der Waals surface area (Å²) < 4.78 is 10.6. The lowest BCUT2D eigenvalue weighted by atomic mass is 9.65. The standard InChI is InChI=1S/C30H50ClN3O4/c1-37-18-7-6-15-30(36,25-12-8-13-26(31)21-25)27-14-9-17-34(29(32)35)28(27)24(22-33-16-19-38-2)20-23-10-4-3-5-11-23/h8,12-13,21,23-24,27-28,33,36H,3-7,9-11,14-20,22H2,1-2H3,(H2,32,35)/t24-,27?,28?,30+/m0/s1. The van der Waals surface area contributed by atoms with Crippen molar-refractivity contribution < 1.29 is 19.4 Å². The molecular weight excluding hydrogens is 502 g/mol. The molecule has 0 spiro atoms. The second kappa shape index (κ2) is 16.0. The van der Waals surface area contributed by atoms with E-state index in [1.807, 2.05) is 29.2 Å². The maximum atomic E-state index is 12.9. The van der Waals surface area contributed by atoms with Crippen LogP contribution in [-0.4, -0.2) is 69.1 Å². The molecule has 38 heavy (non-hydrogen) atoms. The number of carbonyl (C=O) groups excluding carboxylic acids is 1. The van der Waals surface area contributed by atoms with Crippen LogP contribution in [-0.2, 0) is 15.1 Å². The number of aliphatic hydroxyl groups is 1. The predicted octanol–water partition coefficient (Wildman–Crippen LogP) is 5.33. The molecule has 4 N–H and O–H groups in total. The van der Waals surface area contributed by atoms with Crippen molar-refractivity contribution in [1.82, 2.24) is 10.2 Å². The topological polar surface area (TPSA) is 97.0 Å². The fourth-order valence-corrected chi connectivity index (χ4v) is 7.17. The Morgan fingerprint density at radius 2 is 1.92 bits per heavy atom. The van der Waals surface area contributed by atoms with Crippen molar-refractivity contribution in [2.24, 2.45) is 23.5 Å². The first kappa shape index (κ1) is 31.2. The summed E-state index contributed by atoms with van der Waals surface area (Å²) >= 11 is 6.44. The van der Waals surface area contributed by atoms with Gasteiger partial charge < -0.3 is 30.5 Å². The summed E-state index contributed by atoms with van der Waals surface area (Å²) in [6.07, 6.45) is 11.3. The van der Waals surface area contributed by atoms with Gasteiger partial charge in [-0.05, 0) is 68.1 Å². The summed E-state index contributed by atoms with van der Waals surface area (Å²) in [6.45, 7) is 3.43. The fraction of sp³-hybridized carbons (Fsp3) is 0.767. The number of benzene rings is 1. The SMILES string of the molecule is COCCCC[C@@](O)(c1cccc(Cl)c1)C1CCCN(C(N)=O)C1[C@H](CNCCOC)CC1CCCCC1. The van der Waals surface area contributed by atoms with Crippen LogP contribution in [0.25, 0.3) is 0 Å². The second-order valence-electron chi connectivity index (χ2n) is 11.4. The number of primary amides is 1. The Labute approximate surface area is 234 Å². The van der Waals surface area contributed by atoms with Crippen LogP contribution in [0.15, 0.2) is 24.3 Å². The number of methoxy groups -OCH3 is 2. The third-order valence-corrected chi connectivity index (χ3v) is 9.03. The molecule has 1 saturated heterocycles. The van der Waals surface area contributed by atoms with Crippen molar-refractivity contribution in [3.8, 4) is 0 Å². The molecule has 0 bridgehead atoms. The summed E-state index contributed by atoms with van der Waals surface area (Å²) in [5.74, 6) is 0.663. The Balaban J connectivity index is 1.99. The van der Waals surface area contributed by atoms with Gasteiger partial charge in [-0.25, -0.2) is 4.79 Å². The Kier molecular flexibility index (Phi) is 13.1. The third kappa shape index (κ3) is 8.56. The molecule has 7 nitrogen and oxygen atoms in total. The van der Waals surface area contributed by atoms with Gasteiger partial charge >= 0.3 is 6.03 Å². The van der Waals surface area contributed by atoms with Crippen molar-refractivity contribution in [1.29, 1.82) is 0 Å². The summed E-state index contributed by atoms with van der Waals surface area (Å²) in [5.41, 5.74) is 5.74. The van der Waals surface area contributed by atoms with E-state index in [2.05, 4.69) is 5.32 Å². The average Bonchev–Trinajstić information content (AvgIpc) is 2.93. The van der Waals surface area contributed by atoms with Crippen molar-refractivity contribution in [3.63, 3.8) is 0 Å². The van der Waals surface area contributed by atoms with Gasteiger partial charge in [0.1, 0.15) is 0 Å². The maximum absolute atomic E-state index is 12.9. The molecule has 216 valence electrons. The largest absolute Gasteiger partial charge is 0.385 e. The highest BCUT2D eigenvalue weighted by atomic mass is 35.5. The lowest BCUT2D eigenvalue weighted by molar-refractivity contribution is -0.0937. The Hall–Kier alpha value is -1.38. The summed E-state index contributed by atoms with van der Waals surface area (Å²) in [4.78, 5) is 14.8. The van der Waals surface area contributed by atoms with Gasteiger partial charge in [-0.2, -0.15) is 0 Å². The number of rotatable bonds is 15. The van der Waals surface area contributed by atoms with E-state index in [9.17, 15) is 9.90 Å². The average molecular weight is 552 g/mol. The van der Waals surface area contributed by atoms with Crippen molar-refractivity contribution >= 4 is 17.6 Å². The predicted molar refractivity (Wildman–Crippen MR) is 153 cm³/mol. The zero-order valence-electron chi connectivity index (χ0n) is 23.5. The zero-order valence-corrected chi connectivity index (χ0v) is 24.3. The van der Waals surface area contributed by atoms with Crippen molar-refractivity contribution in [2.45, 2.75) is 82.3 Å². The Morgan fingerprint density at radius 3 is 2.61 bits per heavy atom. The molecule has 1 aromatic carbocycles. The smallest absolute Gasteiger partial charge is 0.315 e. The van der Waals surface area contributed by atoms with Crippen LogP contribution in [0, 0.1) is 17.8 Å². The van der Waals surface area contributed by atoms with Gasteiger partial charge in [-0.3, -0.25) is 0 Å². The van der Waals surface area contributed by atoms with E-state index in [0.29, 0.717) is 37.1 Å². The minimum absolute atomic E-state index is 0.150. The van der Waals surface area contributed by atoms with Gasteiger partial charge in [0.25, 0.3) is 0 Å². The van der Waals surface area contributed by atoms with Crippen LogP contribution in [0.4, 0.5) is 4.79 Å². The highest BCUT2D eigenvalue weighted by Crippen LogP contribution is 2.46. The molecule has 0 radical (unpaired) electrons. The molecule has 2 aliphatic rings. The summed E-state index contributed by atoms with van der Waals surface area (Å²) in [7, 11) is 3.42. The number of likely N-dealkylation sites (tertiary alicyclic amines) is 1. The van der Waals surface area contributed by atoms with Crippen molar-refractivity contribution in [2.75, 3.05) is 47.1 Å². The van der Waals surface area contributed by atoms with Crippen LogP contribution < -0.4 is 11.1 Å². The van der Waals surface area contributed by atoms with E-state index < -0.39 is 11.6 Å². The molecule has 1 aliphatic heterocycles. The van der Waals surface area contributed by atoms with Crippen LogP contribution in [0.1, 0.15) is 76.2 Å². The first-order chi connectivity index (χ1) is 18.4. The summed E-state index contributed by atoms with van der Waals surface area (Å²) in [6, 6.07) is 7.08. The first-order valence-corrected chi connectivity index (χ1v) is 15.0. The van der Waals surface area contributed by atoms with Gasteiger partial charge in [-0.1, -0.05) is 55.8 Å². The van der Waals surface area contributed by atoms with Gasteiger partial charge in [0.2, 0.25) is 0 Å². The van der Waals surface area contributed by atoms with E-state index in [4.69, 9.17) is 26.8 Å². The molecule has 4 atom stereocenters. The van der Waals surface area contributed by atoms with Crippen LogP contribution in [0.3, 0.4) is 0 Å². The fourth-order valence-electron chi connectivity index (χ4n) is 6.98. The maximum Gasteiger partial charge on any atom is 0.315 e. The number of piperidine rings is 1. The summed E-state index contributed by atoms with van der Waals surface area (Å²) in [5, 5.41) is 16.8. The van der Waals surface area contributed by atoms with Gasteiger partial charge in [-0.15, -0.1) is 0 Å². The lowest BCUT2D eigenvalue weighted by Gasteiger charge is -2.51. The quantitative estimate of drug-likeness (QED) is 0.256. The number of halogens is 1. The number of hydrogen-bond donors (Lipinski definition) is 3. The monoisotopic (exact) mass is 551 g/mol. The van der Waals surface area contributed by atoms with Crippen molar-refractivity contribution in [3.05, 3.63) is 34.9 Å². The first-order valence-electron chi connectivity index (χ1n) is 14.6. The number of amides is 2. The van der Waals surface area contributed by atoms with Crippen LogP contribution in [0.2, 0.25) is 5.02 Å². The van der Waals surface area contributed by atoms with Gasteiger partial charge in [0, 0.05) is 57.4 Å².